The number of nitrogens with one attached hydrogen (secondary N) is 1. The van der Waals surface area contributed by atoms with E-state index in [1.165, 1.54) is 0 Å². The van der Waals surface area contributed by atoms with Crippen molar-refractivity contribution in [2.24, 2.45) is 10.7 Å². The van der Waals surface area contributed by atoms with Crippen LogP contribution in [0.4, 0.5) is 5.69 Å². The molecule has 7 heteroatoms. The van der Waals surface area contributed by atoms with Crippen molar-refractivity contribution in [3.05, 3.63) is 62.8 Å². The Kier molecular flexibility index (Phi) is 6.14. The standard InChI is InChI=1S/C17H19ClN4OS/c1-10-17(24-12(3)21-10)16(19)6-7-20-11(2)22-14-4-5-15(18)13(8-14)9-23/h4-8,22-23H,2,9,19H2,1,3H3/b16-6-,20-7-. The fourth-order valence-corrected chi connectivity index (χ4v) is 3.09. The van der Waals surface area contributed by atoms with Crippen LogP contribution in [0.1, 0.15) is 21.1 Å². The summed E-state index contributed by atoms with van der Waals surface area (Å²) in [6.07, 6.45) is 3.30. The molecule has 24 heavy (non-hydrogen) atoms. The van der Waals surface area contributed by atoms with Gasteiger partial charge in [0, 0.05) is 16.9 Å². The minimum absolute atomic E-state index is 0.128. The van der Waals surface area contributed by atoms with Crippen molar-refractivity contribution >= 4 is 40.5 Å². The number of anilines is 1. The number of allylic oxidation sites excluding steroid dienone is 1. The van der Waals surface area contributed by atoms with Crippen LogP contribution in [-0.2, 0) is 6.61 Å². The molecule has 0 saturated carbocycles. The Morgan fingerprint density at radius 3 is 2.88 bits per heavy atom. The van der Waals surface area contributed by atoms with Crippen LogP contribution in [0, 0.1) is 13.8 Å². The topological polar surface area (TPSA) is 83.5 Å². The number of aryl methyl sites for hydroxylation is 2. The molecular weight excluding hydrogens is 344 g/mol. The predicted octanol–water partition coefficient (Wildman–Crippen LogP) is 3.86. The molecule has 1 aromatic heterocycles. The Labute approximate surface area is 150 Å². The summed E-state index contributed by atoms with van der Waals surface area (Å²) >= 11 is 7.51. The second-order valence-electron chi connectivity index (χ2n) is 5.08. The van der Waals surface area contributed by atoms with Gasteiger partial charge in [0.05, 0.1) is 27.9 Å². The monoisotopic (exact) mass is 362 g/mol. The maximum Gasteiger partial charge on any atom is 0.122 e. The summed E-state index contributed by atoms with van der Waals surface area (Å²) in [5, 5.41) is 13.7. The van der Waals surface area contributed by atoms with Crippen LogP contribution < -0.4 is 11.1 Å². The molecule has 0 spiro atoms. The molecule has 0 amide bonds. The van der Waals surface area contributed by atoms with Gasteiger partial charge in [0.15, 0.2) is 0 Å². The summed E-state index contributed by atoms with van der Waals surface area (Å²) < 4.78 is 0. The zero-order valence-corrected chi connectivity index (χ0v) is 15.1. The van der Waals surface area contributed by atoms with Crippen molar-refractivity contribution in [2.75, 3.05) is 5.32 Å². The van der Waals surface area contributed by atoms with Crippen LogP contribution in [0.25, 0.3) is 5.70 Å². The van der Waals surface area contributed by atoms with Crippen molar-refractivity contribution in [3.63, 3.8) is 0 Å². The van der Waals surface area contributed by atoms with Crippen molar-refractivity contribution in [1.29, 1.82) is 0 Å². The van der Waals surface area contributed by atoms with Crippen LogP contribution >= 0.6 is 22.9 Å². The average Bonchev–Trinajstić information content (AvgIpc) is 2.87. The number of nitrogens with two attached hydrogens (primary N) is 1. The van der Waals surface area contributed by atoms with Gasteiger partial charge in [-0.05, 0) is 43.7 Å². The number of halogens is 1. The summed E-state index contributed by atoms with van der Waals surface area (Å²) in [7, 11) is 0. The van der Waals surface area contributed by atoms with Gasteiger partial charge in [0.2, 0.25) is 0 Å². The lowest BCUT2D eigenvalue weighted by atomic mass is 10.2. The van der Waals surface area contributed by atoms with E-state index < -0.39 is 0 Å². The Bertz CT molecular complexity index is 811. The van der Waals surface area contributed by atoms with Crippen molar-refractivity contribution in [1.82, 2.24) is 4.98 Å². The lowest BCUT2D eigenvalue weighted by Gasteiger charge is -2.07. The lowest BCUT2D eigenvalue weighted by molar-refractivity contribution is 0.282. The highest BCUT2D eigenvalue weighted by atomic mass is 35.5. The molecule has 0 bridgehead atoms. The zero-order valence-electron chi connectivity index (χ0n) is 13.5. The Morgan fingerprint density at radius 2 is 2.25 bits per heavy atom. The van der Waals surface area contributed by atoms with E-state index in [1.54, 1.807) is 41.8 Å². The second kappa shape index (κ2) is 8.10. The number of thiazole rings is 1. The summed E-state index contributed by atoms with van der Waals surface area (Å²) in [5.41, 5.74) is 8.96. The number of aliphatic imine (C=N–C) groups is 1. The van der Waals surface area contributed by atoms with E-state index in [4.69, 9.17) is 17.3 Å². The number of aromatic nitrogens is 1. The number of aliphatic hydroxyl groups is 1. The molecule has 2 rings (SSSR count). The van der Waals surface area contributed by atoms with E-state index in [0.717, 1.165) is 21.3 Å². The average molecular weight is 363 g/mol. The molecule has 0 aliphatic heterocycles. The minimum atomic E-state index is -0.128. The van der Waals surface area contributed by atoms with Gasteiger partial charge >= 0.3 is 0 Å². The first-order valence-electron chi connectivity index (χ1n) is 7.20. The third-order valence-corrected chi connectivity index (χ3v) is 4.65. The number of rotatable bonds is 6. The van der Waals surface area contributed by atoms with Gasteiger partial charge in [-0.2, -0.15) is 0 Å². The van der Waals surface area contributed by atoms with Crippen molar-refractivity contribution in [2.45, 2.75) is 20.5 Å². The second-order valence-corrected chi connectivity index (χ2v) is 6.69. The molecule has 2 aromatic rings. The van der Waals surface area contributed by atoms with Crippen molar-refractivity contribution in [3.8, 4) is 0 Å². The van der Waals surface area contributed by atoms with Gasteiger partial charge in [0.25, 0.3) is 0 Å². The van der Waals surface area contributed by atoms with E-state index >= 15 is 0 Å². The van der Waals surface area contributed by atoms with Crippen LogP contribution in [0.15, 0.2) is 41.7 Å². The Hall–Kier alpha value is -2.15. The van der Waals surface area contributed by atoms with Gasteiger partial charge in [-0.15, -0.1) is 11.3 Å². The SMILES string of the molecule is C=C(/N=C\C=C(/N)c1sc(C)nc1C)Nc1ccc(Cl)c(CO)c1. The molecule has 126 valence electrons. The molecule has 0 radical (unpaired) electrons. The predicted molar refractivity (Wildman–Crippen MR) is 102 cm³/mol. The summed E-state index contributed by atoms with van der Waals surface area (Å²) in [4.78, 5) is 9.49. The summed E-state index contributed by atoms with van der Waals surface area (Å²) in [5.74, 6) is 0.447. The van der Waals surface area contributed by atoms with E-state index in [9.17, 15) is 5.11 Å². The fourth-order valence-electron chi connectivity index (χ4n) is 2.05. The molecule has 1 heterocycles. The van der Waals surface area contributed by atoms with E-state index in [2.05, 4.69) is 21.9 Å². The quantitative estimate of drug-likeness (QED) is 0.681. The number of nitrogens with zero attached hydrogens (tertiary/aromatic N) is 2. The third kappa shape index (κ3) is 4.67. The van der Waals surface area contributed by atoms with E-state index in [-0.39, 0.29) is 6.61 Å². The van der Waals surface area contributed by atoms with E-state index in [1.807, 2.05) is 13.8 Å². The Morgan fingerprint density at radius 1 is 1.50 bits per heavy atom. The van der Waals surface area contributed by atoms with Gasteiger partial charge in [0.1, 0.15) is 5.82 Å². The number of hydrogen-bond donors (Lipinski definition) is 3. The first-order chi connectivity index (χ1) is 11.4. The van der Waals surface area contributed by atoms with Gasteiger partial charge < -0.3 is 16.2 Å². The van der Waals surface area contributed by atoms with Gasteiger partial charge in [-0.1, -0.05) is 18.2 Å². The highest BCUT2D eigenvalue weighted by Crippen LogP contribution is 2.23. The maximum atomic E-state index is 9.22. The van der Waals surface area contributed by atoms with Gasteiger partial charge in [-0.25, -0.2) is 9.98 Å². The van der Waals surface area contributed by atoms with Gasteiger partial charge in [-0.3, -0.25) is 0 Å². The smallest absolute Gasteiger partial charge is 0.122 e. The molecule has 0 aliphatic rings. The molecule has 1 aromatic carbocycles. The molecule has 0 saturated heterocycles. The van der Waals surface area contributed by atoms with Crippen molar-refractivity contribution < 1.29 is 5.11 Å². The molecular formula is C17H19ClN4OS. The summed E-state index contributed by atoms with van der Waals surface area (Å²) in [6, 6.07) is 5.24. The minimum Gasteiger partial charge on any atom is -0.397 e. The molecule has 4 N–H and O–H groups in total. The number of hydrogen-bond acceptors (Lipinski definition) is 6. The first-order valence-corrected chi connectivity index (χ1v) is 8.39. The highest BCUT2D eigenvalue weighted by molar-refractivity contribution is 7.12. The largest absolute Gasteiger partial charge is 0.397 e. The van der Waals surface area contributed by atoms with Crippen LogP contribution in [-0.4, -0.2) is 16.3 Å². The van der Waals surface area contributed by atoms with Crippen LogP contribution in [0.3, 0.4) is 0 Å². The molecule has 5 nitrogen and oxygen atoms in total. The van der Waals surface area contributed by atoms with Crippen LogP contribution in [0.5, 0.6) is 0 Å². The summed E-state index contributed by atoms with van der Waals surface area (Å²) in [6.45, 7) is 7.58. The third-order valence-electron chi connectivity index (χ3n) is 3.15. The molecule has 0 fully saturated rings. The fraction of sp³-hybridized carbons (Fsp3) is 0.176. The molecule has 0 unspecified atom stereocenters. The number of aliphatic hydroxyl groups excluding tert-OH is 1. The normalized spacial score (nSPS) is 11.9. The maximum absolute atomic E-state index is 9.22. The lowest BCUT2D eigenvalue weighted by Crippen LogP contribution is -1.98. The Balaban J connectivity index is 2.02. The zero-order chi connectivity index (χ0) is 17.7. The molecule has 0 atom stereocenters. The van der Waals surface area contributed by atoms with E-state index in [0.29, 0.717) is 22.1 Å². The van der Waals surface area contributed by atoms with Crippen LogP contribution in [0.2, 0.25) is 5.02 Å². The highest BCUT2D eigenvalue weighted by Gasteiger charge is 2.06. The first kappa shape index (κ1) is 18.2. The molecule has 0 aliphatic carbocycles. The number of benzene rings is 1.